The van der Waals surface area contributed by atoms with Gasteiger partial charge in [0.1, 0.15) is 47.4 Å². The number of alkyl halides is 3. The molecule has 0 saturated carbocycles. The first-order valence-corrected chi connectivity index (χ1v) is 47.5. The molecule has 5 atom stereocenters. The van der Waals surface area contributed by atoms with E-state index in [1.54, 1.807) is 61.6 Å². The van der Waals surface area contributed by atoms with Gasteiger partial charge in [0.15, 0.2) is 17.4 Å². The van der Waals surface area contributed by atoms with E-state index in [4.69, 9.17) is 83.5 Å². The SMILES string of the molecule is C.C.C.C.CC(=O)O.CCC(Br)C(=O)OC.CCC(C(=O)OC)N(c1ccccc1)c1nc(Cl)ncc1[N+](=O)[O-].CCC(Nc1ccccc1)C(=O)CO.CCC1C(=O)Cc2cnc(Cl)nc2N1c1ccccc1.CCC1C(=O)N(C)c2cnc(Cl)nc2N1c1ccccc1.CI(C)I.Nc1ccccc1.O=[N+]([O-])c1cnc(Cl)nc1Cl.[Fe]. The van der Waals surface area contributed by atoms with E-state index in [9.17, 15) is 44.2 Å². The molecule has 0 bridgehead atoms. The standard InChI is InChI=1S/C15H15ClN4O4.C15H15ClN4O.C15H14ClN3O.C11H15NO2.C6H7N.C5H9BrO2.C4HCl2N3O2.C2H6I2.C2H4O2.4CH4.Fe/c1-3-11(14(21)24-2)19(10-7-5-4-6-8-10)13-12(20(22)23)9-17-15(16)18-13;1-3-11-14(21)19(2)12-9-17-15(16)18-13(12)20(11)10-7-5-4-6-8-10;1-2-12-13(20)8-10-9-17-15(16)18-14(10)19(12)11-6-4-3-5-7-11;1-2-10(11(14)8-13)12-9-6-4-3-5-7-9;7-6-4-2-1-3-5-6;1-3-4(6)5(7)8-2;5-3-2(9(10)11)1-7-4(6)8-3;1-4(2)3;1-2(3)4;;;;;/h4-9,11H,3H2,1-2H3;4-9,11H,3H2,1-2H3;3-7,9,12H,2,8H2,1H3;3-7,10,12-13H,2,8H2,1H3;1-5H,7H2;4H,3H2,1-2H3;1H;1-2H3;1H3,(H,3,4);4*1H4;. The number of fused-ring (bicyclic) bond motifs is 2. The van der Waals surface area contributed by atoms with Gasteiger partial charge in [-0.15, -0.1) is 0 Å². The van der Waals surface area contributed by atoms with Crippen LogP contribution in [0.3, 0.4) is 0 Å². The van der Waals surface area contributed by atoms with Crippen molar-refractivity contribution in [3.63, 3.8) is 0 Å². The zero-order valence-corrected chi connectivity index (χ0v) is 74.4. The van der Waals surface area contributed by atoms with Crippen molar-refractivity contribution in [1.29, 1.82) is 0 Å². The third kappa shape index (κ3) is 37.7. The number of likely N-dealkylation sites (N-methyl/N-ethyl adjacent to an activating group) is 1. The number of halogens is 8. The van der Waals surface area contributed by atoms with Crippen LogP contribution < -0.4 is 30.7 Å². The van der Waals surface area contributed by atoms with Crippen LogP contribution in [-0.4, -0.2) is 162 Å². The number of ether oxygens (including phenoxy) is 2. The zero-order chi connectivity index (χ0) is 84.4. The van der Waals surface area contributed by atoms with Crippen molar-refractivity contribution in [2.75, 3.05) is 68.4 Å². The second-order valence-electron chi connectivity index (χ2n) is 23.1. The first-order valence-electron chi connectivity index (χ1n) is 34.1. The number of carboxylic acids is 1. The van der Waals surface area contributed by atoms with E-state index in [-0.39, 0.29) is 152 Å². The van der Waals surface area contributed by atoms with Gasteiger partial charge in [-0.2, -0.15) is 19.9 Å². The van der Waals surface area contributed by atoms with Crippen LogP contribution in [0.5, 0.6) is 0 Å². The molecule has 2 aliphatic heterocycles. The first kappa shape index (κ1) is 113. The molecular weight excluding hydrogens is 1960 g/mol. The Labute approximate surface area is 751 Å². The second kappa shape index (κ2) is 60.7. The minimum Gasteiger partial charge on any atom is -0.399 e. The molecule has 4 aromatic heterocycles. The summed E-state index contributed by atoms with van der Waals surface area (Å²) >= 11 is 33.7. The summed E-state index contributed by atoms with van der Waals surface area (Å²) in [6, 6.07) is 45.7. The normalized spacial score (nSPS) is 12.9. The topological polar surface area (TPSA) is 402 Å². The Morgan fingerprint density at radius 2 is 1.04 bits per heavy atom. The van der Waals surface area contributed by atoms with Gasteiger partial charge in [-0.1, -0.05) is 183 Å². The number of aliphatic hydroxyl groups is 1. The summed E-state index contributed by atoms with van der Waals surface area (Å²) in [6.45, 7) is 10.3. The van der Waals surface area contributed by atoms with E-state index in [2.05, 4.69) is 94.3 Å². The van der Waals surface area contributed by atoms with Gasteiger partial charge in [-0.05, 0) is 139 Å². The third-order valence-electron chi connectivity index (χ3n) is 15.1. The van der Waals surface area contributed by atoms with Gasteiger partial charge in [-0.3, -0.25) is 44.2 Å². The number of ketones is 2. The number of carbonyl (C=O) groups is 6. The number of amides is 1. The zero-order valence-electron chi connectivity index (χ0n) is 63.6. The van der Waals surface area contributed by atoms with Crippen LogP contribution in [0.2, 0.25) is 26.3 Å². The Bertz CT molecular complexity index is 4490. The number of aromatic nitrogens is 8. The summed E-state index contributed by atoms with van der Waals surface area (Å²) in [5.41, 5.74) is 10.3. The van der Waals surface area contributed by atoms with Crippen LogP contribution >= 0.6 is 108 Å². The van der Waals surface area contributed by atoms with E-state index < -0.39 is 34.4 Å². The molecule has 2 aliphatic rings. The van der Waals surface area contributed by atoms with E-state index in [1.807, 2.05) is 159 Å². The molecule has 5 unspecified atom stereocenters. The number of carboxylic acid groups (broad SMARTS) is 1. The number of benzene rings is 5. The molecule has 118 heavy (non-hydrogen) atoms. The van der Waals surface area contributed by atoms with Crippen LogP contribution in [0.1, 0.15) is 109 Å². The number of nitrogens with two attached hydrogens (primary N) is 1. The van der Waals surface area contributed by atoms with Crippen LogP contribution in [0.25, 0.3) is 0 Å². The van der Waals surface area contributed by atoms with E-state index in [0.29, 0.717) is 42.9 Å². The number of nitrogens with zero attached hydrogens (tertiary/aromatic N) is 14. The van der Waals surface area contributed by atoms with Crippen molar-refractivity contribution in [1.82, 2.24) is 39.9 Å². The molecule has 39 heteroatoms. The van der Waals surface area contributed by atoms with Crippen molar-refractivity contribution < 1.29 is 75.4 Å². The average molecular weight is 2070 g/mol. The fraction of sp³-hybridized carbons (Fsp3) is 0.342. The van der Waals surface area contributed by atoms with Crippen LogP contribution in [-0.2, 0) is 61.7 Å². The molecule has 0 radical (unpaired) electrons. The van der Waals surface area contributed by atoms with Crippen molar-refractivity contribution in [2.24, 2.45) is 0 Å². The predicted octanol–water partition coefficient (Wildman–Crippen LogP) is 19.8. The number of anilines is 9. The molecular formula is C79H102BrCl5FeI2N16O14. The van der Waals surface area contributed by atoms with Gasteiger partial charge in [-0.25, -0.2) is 24.7 Å². The fourth-order valence-electron chi connectivity index (χ4n) is 9.96. The van der Waals surface area contributed by atoms with E-state index in [1.165, 1.54) is 19.1 Å². The van der Waals surface area contributed by atoms with E-state index >= 15 is 0 Å². The summed E-state index contributed by atoms with van der Waals surface area (Å²) in [4.78, 5) is 130. The molecule has 11 rings (SSSR count). The Morgan fingerprint density at radius 3 is 1.44 bits per heavy atom. The molecule has 646 valence electrons. The van der Waals surface area contributed by atoms with Crippen molar-refractivity contribution in [3.05, 3.63) is 229 Å². The maximum atomic E-state index is 12.6. The Kier molecular flexibility index (Phi) is 58.4. The Morgan fingerprint density at radius 1 is 0.636 bits per heavy atom. The molecule has 0 fully saturated rings. The van der Waals surface area contributed by atoms with Crippen molar-refractivity contribution in [3.8, 4) is 0 Å². The van der Waals surface area contributed by atoms with Crippen LogP contribution in [0.4, 0.5) is 63.0 Å². The quantitative estimate of drug-likeness (QED) is 0.00713. The number of hydrogen-bond acceptors (Lipinski definition) is 26. The summed E-state index contributed by atoms with van der Waals surface area (Å²) in [5.74, 6) is -0.190. The van der Waals surface area contributed by atoms with Crippen molar-refractivity contribution in [2.45, 2.75) is 139 Å². The second-order valence-corrected chi connectivity index (χ2v) is 40.6. The molecule has 0 saturated heterocycles. The predicted molar refractivity (Wildman–Crippen MR) is 491 cm³/mol. The number of rotatable bonds is 18. The number of esters is 2. The number of methoxy groups -OCH3 is 2. The number of Topliss-reactive ketones (excluding diaryl/α,β-unsaturated/α-hetero) is 2. The summed E-state index contributed by atoms with van der Waals surface area (Å²) in [5, 5.41) is 40.6. The molecule has 1 amide bonds. The number of nitrogen functional groups attached to an aromatic ring is 1. The molecule has 9 aromatic rings. The molecule has 5 N–H and O–H groups in total. The van der Waals surface area contributed by atoms with Gasteiger partial charge in [0.2, 0.25) is 38.0 Å². The number of nitro groups is 2. The number of aliphatic hydroxyl groups excluding tert-OH is 1. The molecule has 0 spiro atoms. The molecule has 6 heterocycles. The van der Waals surface area contributed by atoms with Gasteiger partial charge in [0, 0.05) is 77.7 Å². The number of hydrogen-bond donors (Lipinski definition) is 4. The summed E-state index contributed by atoms with van der Waals surface area (Å²) in [7, 11) is 4.38. The largest absolute Gasteiger partial charge is 0.399 e. The maximum absolute atomic E-state index is 12.6. The van der Waals surface area contributed by atoms with Crippen LogP contribution in [0, 0.1) is 20.2 Å². The minimum absolute atomic E-state index is 0. The van der Waals surface area contributed by atoms with Crippen molar-refractivity contribution >= 4 is 207 Å². The summed E-state index contributed by atoms with van der Waals surface area (Å²) < 4.78 is 9.25. The number of carbonyl (C=O) groups excluding carboxylic acids is 5. The third-order valence-corrected chi connectivity index (χ3v) is 17.1. The van der Waals surface area contributed by atoms with Gasteiger partial charge in [0.25, 0.3) is 5.97 Å². The first-order chi connectivity index (χ1) is 53.8. The van der Waals surface area contributed by atoms with E-state index in [0.717, 1.165) is 66.3 Å². The Hall–Kier alpha value is -8.69. The Balaban J connectivity index is -0.00000132. The number of aliphatic carboxylic acids is 1. The van der Waals surface area contributed by atoms with Gasteiger partial charge < -0.3 is 50.3 Å². The molecule has 5 aromatic carbocycles. The minimum atomic E-state index is -0.833. The smallest absolute Gasteiger partial charge is 0.324 e. The monoisotopic (exact) mass is 2060 g/mol. The average Bonchev–Trinajstić information content (AvgIpc) is 0.945. The maximum Gasteiger partial charge on any atom is 0.324 e. The van der Waals surface area contributed by atoms with Crippen LogP contribution in [0.15, 0.2) is 176 Å². The summed E-state index contributed by atoms with van der Waals surface area (Å²) in [6.07, 6.45) is 8.78. The van der Waals surface area contributed by atoms with Gasteiger partial charge in [0.05, 0.1) is 42.3 Å². The molecule has 0 aliphatic carbocycles. The number of nitrogens with one attached hydrogen (secondary N) is 1. The van der Waals surface area contributed by atoms with Gasteiger partial charge >= 0.3 is 67.6 Å². The fourth-order valence-corrected chi connectivity index (χ4v) is 10.9. The number of para-hydroxylation sites is 5. The molecule has 30 nitrogen and oxygen atoms in total.